The lowest BCUT2D eigenvalue weighted by molar-refractivity contribution is -0.385. The minimum atomic E-state index is -4.01. The van der Waals surface area contributed by atoms with Gasteiger partial charge in [0.15, 0.2) is 0 Å². The Balaban J connectivity index is 2.48. The van der Waals surface area contributed by atoms with E-state index in [1.165, 1.54) is 6.07 Å². The number of ether oxygens (including phenoxy) is 1. The summed E-state index contributed by atoms with van der Waals surface area (Å²) >= 11 is 5.85. The van der Waals surface area contributed by atoms with Crippen LogP contribution in [0.5, 0.6) is 0 Å². The van der Waals surface area contributed by atoms with Crippen molar-refractivity contribution in [2.75, 3.05) is 19.8 Å². The molecule has 0 spiro atoms. The van der Waals surface area contributed by atoms with Crippen molar-refractivity contribution in [1.29, 1.82) is 0 Å². The van der Waals surface area contributed by atoms with Gasteiger partial charge in [0.2, 0.25) is 10.0 Å². The van der Waals surface area contributed by atoms with Crippen LogP contribution in [0.3, 0.4) is 0 Å². The third-order valence-corrected chi connectivity index (χ3v) is 5.23. The molecule has 1 atom stereocenters. The Morgan fingerprint density at radius 1 is 1.50 bits per heavy atom. The number of non-ortho nitro benzene ring substituents is 1. The second-order valence-electron chi connectivity index (χ2n) is 4.13. The molecule has 110 valence electrons. The molecule has 1 aliphatic rings. The van der Waals surface area contributed by atoms with Crippen molar-refractivity contribution in [2.24, 2.45) is 5.73 Å². The first-order chi connectivity index (χ1) is 9.34. The van der Waals surface area contributed by atoms with E-state index in [1.54, 1.807) is 0 Å². The van der Waals surface area contributed by atoms with Gasteiger partial charge in [-0.15, -0.1) is 0 Å². The number of halogens is 1. The molecule has 1 saturated heterocycles. The fourth-order valence-electron chi connectivity index (χ4n) is 1.84. The van der Waals surface area contributed by atoms with Crippen LogP contribution in [0.25, 0.3) is 0 Å². The first kappa shape index (κ1) is 15.1. The Morgan fingerprint density at radius 2 is 2.20 bits per heavy atom. The Hall–Kier alpha value is -1.26. The minimum absolute atomic E-state index is 0.0613. The van der Waals surface area contributed by atoms with Crippen LogP contribution in [0.15, 0.2) is 23.1 Å². The summed E-state index contributed by atoms with van der Waals surface area (Å²) in [6, 6.07) is 3.25. The number of rotatable bonds is 3. The average molecular weight is 322 g/mol. The van der Waals surface area contributed by atoms with Gasteiger partial charge in [0, 0.05) is 18.7 Å². The molecule has 0 radical (unpaired) electrons. The summed E-state index contributed by atoms with van der Waals surface area (Å²) in [4.78, 5) is 9.73. The van der Waals surface area contributed by atoms with E-state index in [-0.39, 0.29) is 35.4 Å². The van der Waals surface area contributed by atoms with Crippen LogP contribution < -0.4 is 5.73 Å². The SMILES string of the molecule is NC1COCCN1S(=O)(=O)c1cc([N+](=O)[O-])ccc1Cl. The molecule has 1 heterocycles. The number of morpholine rings is 1. The first-order valence-corrected chi connectivity index (χ1v) is 7.45. The number of hydrogen-bond acceptors (Lipinski definition) is 6. The van der Waals surface area contributed by atoms with Crippen molar-refractivity contribution >= 4 is 27.3 Å². The van der Waals surface area contributed by atoms with Crippen LogP contribution in [0, 0.1) is 10.1 Å². The molecule has 2 rings (SSSR count). The molecule has 1 unspecified atom stereocenters. The molecule has 8 nitrogen and oxygen atoms in total. The topological polar surface area (TPSA) is 116 Å². The van der Waals surface area contributed by atoms with E-state index in [9.17, 15) is 18.5 Å². The lowest BCUT2D eigenvalue weighted by Gasteiger charge is -2.31. The van der Waals surface area contributed by atoms with Crippen LogP contribution in [0.4, 0.5) is 5.69 Å². The molecule has 1 aliphatic heterocycles. The van der Waals surface area contributed by atoms with E-state index >= 15 is 0 Å². The quantitative estimate of drug-likeness (QED) is 0.642. The molecule has 1 fully saturated rings. The van der Waals surface area contributed by atoms with Crippen molar-refractivity contribution < 1.29 is 18.1 Å². The van der Waals surface area contributed by atoms with Crippen LogP contribution in [-0.2, 0) is 14.8 Å². The van der Waals surface area contributed by atoms with Crippen LogP contribution >= 0.6 is 11.6 Å². The molecule has 0 aliphatic carbocycles. The molecule has 1 aromatic rings. The average Bonchev–Trinajstić information content (AvgIpc) is 2.39. The number of hydrogen-bond donors (Lipinski definition) is 1. The van der Waals surface area contributed by atoms with Gasteiger partial charge < -0.3 is 10.5 Å². The molecular weight excluding hydrogens is 310 g/mol. The van der Waals surface area contributed by atoms with Gasteiger partial charge in [-0.1, -0.05) is 11.6 Å². The van der Waals surface area contributed by atoms with E-state index in [1.807, 2.05) is 0 Å². The molecule has 0 amide bonds. The number of sulfonamides is 1. The van der Waals surface area contributed by atoms with E-state index in [2.05, 4.69) is 0 Å². The smallest absolute Gasteiger partial charge is 0.270 e. The summed E-state index contributed by atoms with van der Waals surface area (Å²) in [7, 11) is -4.01. The number of nitro benzene ring substituents is 1. The van der Waals surface area contributed by atoms with Gasteiger partial charge in [0.05, 0.1) is 29.3 Å². The molecule has 2 N–H and O–H groups in total. The molecule has 0 saturated carbocycles. The number of nitro groups is 1. The van der Waals surface area contributed by atoms with Crippen molar-refractivity contribution in [2.45, 2.75) is 11.1 Å². The fraction of sp³-hybridized carbons (Fsp3) is 0.400. The van der Waals surface area contributed by atoms with Crippen LogP contribution in [-0.4, -0.2) is 43.6 Å². The molecule has 1 aromatic carbocycles. The van der Waals surface area contributed by atoms with Gasteiger partial charge in [-0.05, 0) is 6.07 Å². The van der Waals surface area contributed by atoms with Gasteiger partial charge in [0.25, 0.3) is 5.69 Å². The zero-order valence-corrected chi connectivity index (χ0v) is 11.8. The van der Waals surface area contributed by atoms with Gasteiger partial charge in [-0.2, -0.15) is 4.31 Å². The van der Waals surface area contributed by atoms with Crippen LogP contribution in [0.1, 0.15) is 0 Å². The highest BCUT2D eigenvalue weighted by molar-refractivity contribution is 7.89. The normalized spacial score (nSPS) is 20.8. The monoisotopic (exact) mass is 321 g/mol. The van der Waals surface area contributed by atoms with Crippen molar-refractivity contribution in [3.63, 3.8) is 0 Å². The van der Waals surface area contributed by atoms with Gasteiger partial charge in [-0.25, -0.2) is 8.42 Å². The third kappa shape index (κ3) is 2.76. The largest absolute Gasteiger partial charge is 0.377 e. The van der Waals surface area contributed by atoms with Crippen molar-refractivity contribution in [1.82, 2.24) is 4.31 Å². The maximum atomic E-state index is 12.5. The van der Waals surface area contributed by atoms with Gasteiger partial charge in [0.1, 0.15) is 4.90 Å². The Bertz CT molecular complexity index is 636. The number of benzene rings is 1. The molecule has 0 bridgehead atoms. The summed E-state index contributed by atoms with van der Waals surface area (Å²) in [5.41, 5.74) is 5.34. The predicted molar refractivity (Wildman–Crippen MR) is 70.8 cm³/mol. The number of nitrogens with two attached hydrogens (primary N) is 1. The first-order valence-electron chi connectivity index (χ1n) is 5.63. The highest BCUT2D eigenvalue weighted by Gasteiger charge is 2.34. The Labute approximate surface area is 120 Å². The second kappa shape index (κ2) is 5.62. The fourth-order valence-corrected chi connectivity index (χ4v) is 3.81. The molecular formula is C10H12ClN3O5S. The zero-order valence-electron chi connectivity index (χ0n) is 10.2. The predicted octanol–water partition coefficient (Wildman–Crippen LogP) is 0.554. The maximum Gasteiger partial charge on any atom is 0.270 e. The summed E-state index contributed by atoms with van der Waals surface area (Å²) < 4.78 is 31.0. The third-order valence-electron chi connectivity index (χ3n) is 2.83. The van der Waals surface area contributed by atoms with E-state index in [0.717, 1.165) is 16.4 Å². The Kier molecular flexibility index (Phi) is 4.25. The van der Waals surface area contributed by atoms with Crippen molar-refractivity contribution in [3.05, 3.63) is 33.3 Å². The second-order valence-corrected chi connectivity index (χ2v) is 6.40. The van der Waals surface area contributed by atoms with Crippen LogP contribution in [0.2, 0.25) is 5.02 Å². The highest BCUT2D eigenvalue weighted by atomic mass is 35.5. The van der Waals surface area contributed by atoms with Gasteiger partial charge >= 0.3 is 0 Å². The standard InChI is InChI=1S/C10H12ClN3O5S/c11-8-2-1-7(14(15)16)5-9(8)20(17,18)13-3-4-19-6-10(13)12/h1-2,5,10H,3-4,6,12H2. The van der Waals surface area contributed by atoms with E-state index in [0.29, 0.717) is 0 Å². The van der Waals surface area contributed by atoms with Crippen molar-refractivity contribution in [3.8, 4) is 0 Å². The van der Waals surface area contributed by atoms with E-state index < -0.39 is 21.1 Å². The summed E-state index contributed by atoms with van der Waals surface area (Å²) in [6.45, 7) is 0.341. The summed E-state index contributed by atoms with van der Waals surface area (Å²) in [5, 5.41) is 10.7. The summed E-state index contributed by atoms with van der Waals surface area (Å²) in [6.07, 6.45) is -0.843. The number of nitrogens with zero attached hydrogens (tertiary/aromatic N) is 2. The molecule has 10 heteroatoms. The lowest BCUT2D eigenvalue weighted by atomic mass is 10.3. The lowest BCUT2D eigenvalue weighted by Crippen LogP contribution is -2.53. The minimum Gasteiger partial charge on any atom is -0.377 e. The Morgan fingerprint density at radius 3 is 2.80 bits per heavy atom. The zero-order chi connectivity index (χ0) is 14.9. The highest BCUT2D eigenvalue weighted by Crippen LogP contribution is 2.29. The van der Waals surface area contributed by atoms with Gasteiger partial charge in [-0.3, -0.25) is 10.1 Å². The molecule has 20 heavy (non-hydrogen) atoms. The summed E-state index contributed by atoms with van der Waals surface area (Å²) in [5.74, 6) is 0. The van der Waals surface area contributed by atoms with E-state index in [4.69, 9.17) is 22.1 Å². The maximum absolute atomic E-state index is 12.5. The molecule has 0 aromatic heterocycles.